The van der Waals surface area contributed by atoms with E-state index in [4.69, 9.17) is 14.2 Å². The second kappa shape index (κ2) is 9.07. The molecule has 1 saturated carbocycles. The monoisotopic (exact) mass is 453 g/mol. The first-order valence-corrected chi connectivity index (χ1v) is 12.8. The number of amides is 1. The molecule has 1 aromatic carbocycles. The molecule has 0 N–H and O–H groups in total. The van der Waals surface area contributed by atoms with Crippen LogP contribution >= 0.6 is 0 Å². The van der Waals surface area contributed by atoms with Crippen LogP contribution in [0.15, 0.2) is 36.4 Å². The van der Waals surface area contributed by atoms with Gasteiger partial charge in [-0.3, -0.25) is 4.79 Å². The smallest absolute Gasteiger partial charge is 0.253 e. The number of carbonyl (C=O) groups excluding carboxylic acids is 1. The third-order valence-electron chi connectivity index (χ3n) is 8.85. The first-order valence-electron chi connectivity index (χ1n) is 12.8. The molecule has 0 aromatic heterocycles. The molecule has 0 bridgehead atoms. The molecule has 180 valence electrons. The summed E-state index contributed by atoms with van der Waals surface area (Å²) < 4.78 is 19.2. The molecule has 8 atom stereocenters. The van der Waals surface area contributed by atoms with E-state index in [1.807, 2.05) is 36.1 Å². The summed E-state index contributed by atoms with van der Waals surface area (Å²) in [6.07, 6.45) is 4.55. The number of rotatable bonds is 4. The lowest BCUT2D eigenvalue weighted by atomic mass is 9.61. The number of nitrogens with zero attached hydrogens (tertiary/aromatic N) is 1. The van der Waals surface area contributed by atoms with Crippen LogP contribution in [0.2, 0.25) is 0 Å². The van der Waals surface area contributed by atoms with Gasteiger partial charge in [0.05, 0.1) is 6.10 Å². The fourth-order valence-electron chi connectivity index (χ4n) is 6.53. The zero-order valence-electron chi connectivity index (χ0n) is 20.5. The zero-order chi connectivity index (χ0) is 23.3. The van der Waals surface area contributed by atoms with E-state index in [2.05, 4.69) is 27.4 Å². The summed E-state index contributed by atoms with van der Waals surface area (Å²) in [5.41, 5.74) is 1.85. The molecule has 0 spiro atoms. The maximum absolute atomic E-state index is 12.7. The van der Waals surface area contributed by atoms with Gasteiger partial charge in [-0.1, -0.05) is 32.4 Å². The summed E-state index contributed by atoms with van der Waals surface area (Å²) >= 11 is 0. The van der Waals surface area contributed by atoms with Crippen molar-refractivity contribution in [2.24, 2.45) is 35.5 Å². The molecule has 33 heavy (non-hydrogen) atoms. The van der Waals surface area contributed by atoms with E-state index in [0.717, 1.165) is 36.8 Å². The lowest BCUT2D eigenvalue weighted by Gasteiger charge is -2.51. The van der Waals surface area contributed by atoms with E-state index in [-0.39, 0.29) is 24.6 Å². The Morgan fingerprint density at radius 2 is 1.70 bits per heavy atom. The van der Waals surface area contributed by atoms with Gasteiger partial charge in [0.1, 0.15) is 5.75 Å². The number of hydrogen-bond donors (Lipinski definition) is 0. The Labute approximate surface area is 198 Å². The summed E-state index contributed by atoms with van der Waals surface area (Å²) in [5.74, 6) is 4.00. The first kappa shape index (κ1) is 22.9. The van der Waals surface area contributed by atoms with Crippen LogP contribution in [0.4, 0.5) is 0 Å². The number of ether oxygens (including phenoxy) is 3. The van der Waals surface area contributed by atoms with Crippen LogP contribution in [0.5, 0.6) is 5.75 Å². The lowest BCUT2D eigenvalue weighted by molar-refractivity contribution is -0.315. The highest BCUT2D eigenvalue weighted by Gasteiger charge is 2.52. The largest absolute Gasteiger partial charge is 0.465 e. The average molecular weight is 454 g/mol. The van der Waals surface area contributed by atoms with Crippen LogP contribution < -0.4 is 4.74 Å². The predicted molar refractivity (Wildman–Crippen MR) is 128 cm³/mol. The second-order valence-electron chi connectivity index (χ2n) is 11.1. The minimum atomic E-state index is -0.330. The van der Waals surface area contributed by atoms with Crippen molar-refractivity contribution in [2.75, 3.05) is 13.1 Å². The Hall–Kier alpha value is -1.85. The van der Waals surface area contributed by atoms with E-state index >= 15 is 0 Å². The van der Waals surface area contributed by atoms with Crippen molar-refractivity contribution < 1.29 is 19.0 Å². The third-order valence-corrected chi connectivity index (χ3v) is 8.85. The van der Waals surface area contributed by atoms with Crippen molar-refractivity contribution in [3.05, 3.63) is 42.0 Å². The van der Waals surface area contributed by atoms with E-state index in [0.29, 0.717) is 35.2 Å². The molecule has 0 radical (unpaired) electrons. The topological polar surface area (TPSA) is 48.0 Å². The van der Waals surface area contributed by atoms with Crippen molar-refractivity contribution in [1.82, 2.24) is 4.90 Å². The summed E-state index contributed by atoms with van der Waals surface area (Å²) in [5, 5.41) is 0. The van der Waals surface area contributed by atoms with Crippen LogP contribution in [0.25, 0.3) is 0 Å². The average Bonchev–Trinajstić information content (AvgIpc) is 2.91. The summed E-state index contributed by atoms with van der Waals surface area (Å²) in [4.78, 5) is 14.6. The quantitative estimate of drug-likeness (QED) is 0.564. The lowest BCUT2D eigenvalue weighted by Crippen LogP contribution is -2.54. The Balaban J connectivity index is 1.26. The van der Waals surface area contributed by atoms with Gasteiger partial charge in [0.2, 0.25) is 6.29 Å². The van der Waals surface area contributed by atoms with Crippen molar-refractivity contribution in [3.8, 4) is 5.75 Å². The minimum Gasteiger partial charge on any atom is -0.465 e. The molecular weight excluding hydrogens is 414 g/mol. The van der Waals surface area contributed by atoms with Gasteiger partial charge in [0, 0.05) is 36.4 Å². The van der Waals surface area contributed by atoms with E-state index < -0.39 is 0 Å². The van der Waals surface area contributed by atoms with Gasteiger partial charge in [-0.25, -0.2) is 0 Å². The summed E-state index contributed by atoms with van der Waals surface area (Å²) in [7, 11) is 0. The normalized spacial score (nSPS) is 38.6. The maximum atomic E-state index is 12.7. The van der Waals surface area contributed by atoms with Crippen LogP contribution in [0, 0.1) is 35.5 Å². The molecule has 5 rings (SSSR count). The Morgan fingerprint density at radius 3 is 2.39 bits per heavy atom. The van der Waals surface area contributed by atoms with Crippen molar-refractivity contribution >= 4 is 5.91 Å². The molecule has 3 heterocycles. The Morgan fingerprint density at radius 1 is 1.00 bits per heavy atom. The molecular formula is C28H39NO4. The molecule has 3 aliphatic heterocycles. The van der Waals surface area contributed by atoms with E-state index in [1.54, 1.807) is 0 Å². The molecule has 3 saturated heterocycles. The highest BCUT2D eigenvalue weighted by atomic mass is 16.8. The van der Waals surface area contributed by atoms with Gasteiger partial charge in [-0.15, -0.1) is 0 Å². The van der Waals surface area contributed by atoms with Gasteiger partial charge in [0.25, 0.3) is 5.91 Å². The molecule has 5 nitrogen and oxygen atoms in total. The van der Waals surface area contributed by atoms with Crippen molar-refractivity contribution in [1.29, 1.82) is 0 Å². The van der Waals surface area contributed by atoms with Crippen molar-refractivity contribution in [2.45, 2.75) is 72.1 Å². The number of carbonyl (C=O) groups is 1. The fraction of sp³-hybridized carbons (Fsp3) is 0.679. The van der Waals surface area contributed by atoms with Gasteiger partial charge in [0.15, 0.2) is 6.29 Å². The SMILES string of the molecule is C=C(C)C1CN(C(=O)c2ccc(O[C@H]3O[C@@H]4OC(C)CC[C@@H]5C4[C@@H](CC[C@H]5C)[C@H]3C)cc2)C1. The molecule has 4 aliphatic rings. The van der Waals surface area contributed by atoms with Crippen LogP contribution in [-0.4, -0.2) is 42.6 Å². The maximum Gasteiger partial charge on any atom is 0.253 e. The molecule has 2 unspecified atom stereocenters. The van der Waals surface area contributed by atoms with E-state index in [9.17, 15) is 4.79 Å². The van der Waals surface area contributed by atoms with Crippen molar-refractivity contribution in [3.63, 3.8) is 0 Å². The van der Waals surface area contributed by atoms with Crippen LogP contribution in [0.1, 0.15) is 63.7 Å². The molecule has 1 amide bonds. The number of benzene rings is 1. The molecule has 1 aromatic rings. The van der Waals surface area contributed by atoms with Crippen LogP contribution in [0.3, 0.4) is 0 Å². The highest BCUT2D eigenvalue weighted by Crippen LogP contribution is 2.52. The van der Waals surface area contributed by atoms with Crippen LogP contribution in [-0.2, 0) is 9.47 Å². The summed E-state index contributed by atoms with van der Waals surface area (Å²) in [6, 6.07) is 7.52. The second-order valence-corrected chi connectivity index (χ2v) is 11.1. The number of hydrogen-bond acceptors (Lipinski definition) is 4. The summed E-state index contributed by atoms with van der Waals surface area (Å²) in [6.45, 7) is 14.4. The first-order chi connectivity index (χ1) is 15.8. The van der Waals surface area contributed by atoms with Gasteiger partial charge in [-0.05, 0) is 75.1 Å². The fourth-order valence-corrected chi connectivity index (χ4v) is 6.53. The third kappa shape index (κ3) is 4.35. The van der Waals surface area contributed by atoms with E-state index in [1.165, 1.54) is 19.3 Å². The number of likely N-dealkylation sites (tertiary alicyclic amines) is 1. The Bertz CT molecular complexity index is 876. The molecule has 1 aliphatic carbocycles. The zero-order valence-corrected chi connectivity index (χ0v) is 20.5. The molecule has 4 fully saturated rings. The van der Waals surface area contributed by atoms with Gasteiger partial charge >= 0.3 is 0 Å². The predicted octanol–water partition coefficient (Wildman–Crippen LogP) is 5.51. The standard InChI is InChI=1S/C28H39NO4/c1-16(2)21-14-29(15-21)26(30)20-8-10-22(11-9-20)32-27-19(5)24-12-6-17(3)23-13-7-18(4)31-28(33-27)25(23)24/h8-11,17-19,21,23-25,27-28H,1,6-7,12-15H2,2-5H3/t17-,18?,19-,23+,24+,25?,27+,28+/m1/s1. The Kier molecular flexibility index (Phi) is 6.30. The van der Waals surface area contributed by atoms with Gasteiger partial charge < -0.3 is 19.1 Å². The highest BCUT2D eigenvalue weighted by molar-refractivity contribution is 5.94. The molecule has 5 heteroatoms. The minimum absolute atomic E-state index is 0.0763. The van der Waals surface area contributed by atoms with Gasteiger partial charge in [-0.2, -0.15) is 0 Å².